The Morgan fingerprint density at radius 3 is 2.67 bits per heavy atom. The number of pyridine rings is 3. The second kappa shape index (κ2) is 7.98. The van der Waals surface area contributed by atoms with Gasteiger partial charge in [-0.15, -0.1) is 0 Å². The lowest BCUT2D eigenvalue weighted by molar-refractivity contribution is 0.502. The van der Waals surface area contributed by atoms with Gasteiger partial charge in [0.1, 0.15) is 5.65 Å². The van der Waals surface area contributed by atoms with Crippen LogP contribution in [0, 0.1) is 6.92 Å². The highest BCUT2D eigenvalue weighted by Gasteiger charge is 2.20. The molecular formula is C27H26N6. The third-order valence-corrected chi connectivity index (χ3v) is 6.57. The molecule has 5 heterocycles. The molecule has 6 rings (SSSR count). The Morgan fingerprint density at radius 1 is 0.970 bits per heavy atom. The smallest absolute Gasteiger partial charge is 0.137 e. The third-order valence-electron chi connectivity index (χ3n) is 6.57. The van der Waals surface area contributed by atoms with Crippen LogP contribution in [0.5, 0.6) is 0 Å². The predicted octanol–water partition coefficient (Wildman–Crippen LogP) is 4.85. The molecule has 0 unspecified atom stereocenters. The van der Waals surface area contributed by atoms with Crippen molar-refractivity contribution in [3.8, 4) is 22.5 Å². The monoisotopic (exact) mass is 434 g/mol. The Kier molecular flexibility index (Phi) is 4.80. The van der Waals surface area contributed by atoms with E-state index >= 15 is 0 Å². The van der Waals surface area contributed by atoms with Gasteiger partial charge < -0.3 is 10.6 Å². The fraction of sp³-hybridized carbons (Fsp3) is 0.222. The molecule has 0 radical (unpaired) electrons. The van der Waals surface area contributed by atoms with Gasteiger partial charge in [0.05, 0.1) is 28.8 Å². The number of benzene rings is 1. The van der Waals surface area contributed by atoms with Gasteiger partial charge >= 0.3 is 0 Å². The highest BCUT2D eigenvalue weighted by atomic mass is 15.1. The average Bonchev–Trinajstić information content (AvgIpc) is 3.28. The van der Waals surface area contributed by atoms with Crippen molar-refractivity contribution < 1.29 is 0 Å². The van der Waals surface area contributed by atoms with Gasteiger partial charge in [-0.25, -0.2) is 9.97 Å². The summed E-state index contributed by atoms with van der Waals surface area (Å²) < 4.78 is 2.10. The van der Waals surface area contributed by atoms with Crippen molar-refractivity contribution in [2.45, 2.75) is 25.8 Å². The molecule has 6 heteroatoms. The van der Waals surface area contributed by atoms with Crippen LogP contribution in [-0.2, 0) is 0 Å². The first-order chi connectivity index (χ1) is 16.2. The van der Waals surface area contributed by atoms with Crippen LogP contribution < -0.4 is 10.6 Å². The van der Waals surface area contributed by atoms with Crippen LogP contribution in [-0.4, -0.2) is 38.5 Å². The van der Waals surface area contributed by atoms with Crippen LogP contribution in [0.2, 0.25) is 0 Å². The van der Waals surface area contributed by atoms with E-state index < -0.39 is 0 Å². The number of nitrogens with two attached hydrogens (primary N) is 1. The second-order valence-electron chi connectivity index (χ2n) is 8.91. The molecule has 0 amide bonds. The van der Waals surface area contributed by atoms with Crippen molar-refractivity contribution in [1.82, 2.24) is 19.4 Å². The van der Waals surface area contributed by atoms with Crippen LogP contribution in [0.1, 0.15) is 18.4 Å². The van der Waals surface area contributed by atoms with Gasteiger partial charge in [-0.05, 0) is 67.3 Å². The molecule has 164 valence electrons. The van der Waals surface area contributed by atoms with Crippen molar-refractivity contribution in [2.24, 2.45) is 5.73 Å². The Balaban J connectivity index is 1.44. The van der Waals surface area contributed by atoms with Crippen molar-refractivity contribution in [2.75, 3.05) is 18.0 Å². The molecule has 6 nitrogen and oxygen atoms in total. The first-order valence-electron chi connectivity index (χ1n) is 11.5. The van der Waals surface area contributed by atoms with Crippen molar-refractivity contribution >= 4 is 22.2 Å². The van der Waals surface area contributed by atoms with E-state index in [9.17, 15) is 0 Å². The summed E-state index contributed by atoms with van der Waals surface area (Å²) in [6.45, 7) is 4.09. The maximum atomic E-state index is 6.15. The van der Waals surface area contributed by atoms with Crippen LogP contribution in [0.15, 0.2) is 73.3 Å². The van der Waals surface area contributed by atoms with Gasteiger partial charge in [-0.1, -0.05) is 12.1 Å². The van der Waals surface area contributed by atoms with Gasteiger partial charge in [0, 0.05) is 48.7 Å². The van der Waals surface area contributed by atoms with E-state index in [-0.39, 0.29) is 0 Å². The highest BCUT2D eigenvalue weighted by molar-refractivity contribution is 5.93. The zero-order chi connectivity index (χ0) is 22.4. The number of anilines is 1. The fourth-order valence-electron chi connectivity index (χ4n) is 4.77. The second-order valence-corrected chi connectivity index (χ2v) is 8.91. The number of hydrogen-bond acceptors (Lipinski definition) is 5. The maximum Gasteiger partial charge on any atom is 0.137 e. The molecule has 1 aliphatic rings. The van der Waals surface area contributed by atoms with E-state index in [0.717, 1.165) is 65.0 Å². The highest BCUT2D eigenvalue weighted by Crippen LogP contribution is 2.32. The van der Waals surface area contributed by atoms with E-state index in [2.05, 4.69) is 74.9 Å². The minimum absolute atomic E-state index is 0.301. The summed E-state index contributed by atoms with van der Waals surface area (Å²) in [5, 5.41) is 1.16. The summed E-state index contributed by atoms with van der Waals surface area (Å²) in [4.78, 5) is 16.5. The van der Waals surface area contributed by atoms with E-state index in [1.165, 1.54) is 11.3 Å². The summed E-state index contributed by atoms with van der Waals surface area (Å²) in [6, 6.07) is 17.2. The van der Waals surface area contributed by atoms with E-state index in [1.807, 2.05) is 18.5 Å². The molecular weight excluding hydrogens is 408 g/mol. The van der Waals surface area contributed by atoms with Gasteiger partial charge in [0.15, 0.2) is 0 Å². The number of piperidine rings is 1. The molecule has 5 aromatic rings. The Bertz CT molecular complexity index is 1450. The summed E-state index contributed by atoms with van der Waals surface area (Å²) in [5.41, 5.74) is 14.6. The number of aryl methyl sites for hydroxylation is 1. The normalized spacial score (nSPS) is 14.9. The molecule has 1 fully saturated rings. The quantitative estimate of drug-likeness (QED) is 0.440. The minimum atomic E-state index is 0.301. The molecule has 1 aromatic carbocycles. The Morgan fingerprint density at radius 2 is 1.85 bits per heavy atom. The van der Waals surface area contributed by atoms with Crippen molar-refractivity contribution in [1.29, 1.82) is 0 Å². The number of hydrogen-bond donors (Lipinski definition) is 1. The van der Waals surface area contributed by atoms with Gasteiger partial charge in [-0.2, -0.15) is 0 Å². The minimum Gasteiger partial charge on any atom is -0.370 e. The largest absolute Gasteiger partial charge is 0.370 e. The molecule has 0 saturated carbocycles. The average molecular weight is 435 g/mol. The SMILES string of the molecule is Cc1cc(N2CCC(N)CC2)c2nc(-c3cnc4cc(-c5cccnc5)ccn34)ccc2c1. The predicted molar refractivity (Wildman–Crippen MR) is 133 cm³/mol. The molecule has 0 bridgehead atoms. The van der Waals surface area contributed by atoms with Crippen molar-refractivity contribution in [3.05, 3.63) is 78.9 Å². The van der Waals surface area contributed by atoms with E-state index in [0.29, 0.717) is 6.04 Å². The molecule has 0 spiro atoms. The lowest BCUT2D eigenvalue weighted by Gasteiger charge is -2.32. The first kappa shape index (κ1) is 19.9. The summed E-state index contributed by atoms with van der Waals surface area (Å²) >= 11 is 0. The van der Waals surface area contributed by atoms with Crippen LogP contribution in [0.4, 0.5) is 5.69 Å². The maximum absolute atomic E-state index is 6.15. The standard InChI is InChI=1S/C27H26N6/c1-18-13-20-4-5-23(31-27(20)24(14-18)32-10-7-22(28)8-11-32)25-17-30-26-15-19(6-12-33(25)26)21-3-2-9-29-16-21/h2-6,9,12-17,22H,7-8,10-11,28H2,1H3. The molecule has 33 heavy (non-hydrogen) atoms. The summed E-state index contributed by atoms with van der Waals surface area (Å²) in [7, 11) is 0. The number of aromatic nitrogens is 4. The van der Waals surface area contributed by atoms with E-state index in [4.69, 9.17) is 10.7 Å². The summed E-state index contributed by atoms with van der Waals surface area (Å²) in [6.07, 6.45) is 9.66. The number of nitrogens with zero attached hydrogens (tertiary/aromatic N) is 5. The third kappa shape index (κ3) is 3.62. The molecule has 4 aromatic heterocycles. The molecule has 1 saturated heterocycles. The Labute approximate surface area is 192 Å². The van der Waals surface area contributed by atoms with Gasteiger partial charge in [0.25, 0.3) is 0 Å². The molecule has 1 aliphatic heterocycles. The van der Waals surface area contributed by atoms with Crippen LogP contribution in [0.3, 0.4) is 0 Å². The first-order valence-corrected chi connectivity index (χ1v) is 11.5. The zero-order valence-corrected chi connectivity index (χ0v) is 18.6. The summed E-state index contributed by atoms with van der Waals surface area (Å²) in [5.74, 6) is 0. The lowest BCUT2D eigenvalue weighted by Crippen LogP contribution is -2.39. The van der Waals surface area contributed by atoms with E-state index in [1.54, 1.807) is 6.20 Å². The zero-order valence-electron chi connectivity index (χ0n) is 18.6. The lowest BCUT2D eigenvalue weighted by atomic mass is 10.0. The van der Waals surface area contributed by atoms with Gasteiger partial charge in [-0.3, -0.25) is 9.38 Å². The Hall–Kier alpha value is -3.77. The number of imidazole rings is 1. The number of fused-ring (bicyclic) bond motifs is 2. The molecule has 0 atom stereocenters. The number of rotatable bonds is 3. The van der Waals surface area contributed by atoms with Crippen molar-refractivity contribution in [3.63, 3.8) is 0 Å². The van der Waals surface area contributed by atoms with Gasteiger partial charge in [0.2, 0.25) is 0 Å². The topological polar surface area (TPSA) is 72.3 Å². The van der Waals surface area contributed by atoms with Crippen LogP contribution in [0.25, 0.3) is 39.1 Å². The molecule has 0 aliphatic carbocycles. The van der Waals surface area contributed by atoms with Crippen LogP contribution >= 0.6 is 0 Å². The fourth-order valence-corrected chi connectivity index (χ4v) is 4.77. The molecule has 2 N–H and O–H groups in total.